The van der Waals surface area contributed by atoms with E-state index >= 15 is 0 Å². The SMILES string of the molecule is CCCOc1c(Br)cc(/C=C2/C(=O)NC(=O)N(c3ccc(Br)c(C)c3)C2=O)cc1OC. The van der Waals surface area contributed by atoms with Gasteiger partial charge in [-0.15, -0.1) is 0 Å². The summed E-state index contributed by atoms with van der Waals surface area (Å²) in [6.07, 6.45) is 2.25. The smallest absolute Gasteiger partial charge is 0.335 e. The highest BCUT2D eigenvalue weighted by molar-refractivity contribution is 9.10. The van der Waals surface area contributed by atoms with Gasteiger partial charge in [-0.2, -0.15) is 0 Å². The van der Waals surface area contributed by atoms with Crippen LogP contribution in [0.15, 0.2) is 44.9 Å². The monoisotopic (exact) mass is 550 g/mol. The van der Waals surface area contributed by atoms with Gasteiger partial charge < -0.3 is 9.47 Å². The molecule has 0 atom stereocenters. The van der Waals surface area contributed by atoms with E-state index in [2.05, 4.69) is 37.2 Å². The van der Waals surface area contributed by atoms with E-state index in [4.69, 9.17) is 9.47 Å². The lowest BCUT2D eigenvalue weighted by atomic mass is 10.1. The van der Waals surface area contributed by atoms with Gasteiger partial charge in [-0.3, -0.25) is 14.9 Å². The van der Waals surface area contributed by atoms with E-state index in [1.165, 1.54) is 13.2 Å². The van der Waals surface area contributed by atoms with Gasteiger partial charge in [-0.1, -0.05) is 22.9 Å². The molecular weight excluding hydrogens is 532 g/mol. The third-order valence-corrected chi connectivity index (χ3v) is 5.99. The maximum Gasteiger partial charge on any atom is 0.335 e. The molecule has 1 heterocycles. The van der Waals surface area contributed by atoms with Crippen LogP contribution in [0.4, 0.5) is 10.5 Å². The number of aryl methyl sites for hydroxylation is 1. The van der Waals surface area contributed by atoms with Crippen LogP contribution < -0.4 is 19.7 Å². The van der Waals surface area contributed by atoms with Crippen LogP contribution in [-0.4, -0.2) is 31.6 Å². The number of imide groups is 2. The molecule has 3 rings (SSSR count). The lowest BCUT2D eigenvalue weighted by Gasteiger charge is -2.26. The Balaban J connectivity index is 2.01. The predicted octanol–water partition coefficient (Wildman–Crippen LogP) is 4.98. The van der Waals surface area contributed by atoms with Crippen LogP contribution in [0.1, 0.15) is 24.5 Å². The molecule has 1 saturated heterocycles. The van der Waals surface area contributed by atoms with E-state index < -0.39 is 17.8 Å². The Morgan fingerprint density at radius 3 is 2.48 bits per heavy atom. The van der Waals surface area contributed by atoms with E-state index in [-0.39, 0.29) is 5.57 Å². The van der Waals surface area contributed by atoms with Gasteiger partial charge in [0.25, 0.3) is 11.8 Å². The molecule has 0 aromatic heterocycles. The van der Waals surface area contributed by atoms with E-state index in [0.29, 0.717) is 33.8 Å². The van der Waals surface area contributed by atoms with E-state index in [9.17, 15) is 14.4 Å². The largest absolute Gasteiger partial charge is 0.493 e. The van der Waals surface area contributed by atoms with Gasteiger partial charge in [0.05, 0.1) is 23.9 Å². The summed E-state index contributed by atoms with van der Waals surface area (Å²) < 4.78 is 12.6. The molecule has 1 aliphatic rings. The topological polar surface area (TPSA) is 84.9 Å². The molecule has 9 heteroatoms. The molecule has 7 nitrogen and oxygen atoms in total. The second kappa shape index (κ2) is 9.65. The second-order valence-corrected chi connectivity index (χ2v) is 8.48. The number of urea groups is 1. The summed E-state index contributed by atoms with van der Waals surface area (Å²) in [5.41, 5.74) is 1.57. The summed E-state index contributed by atoms with van der Waals surface area (Å²) in [6, 6.07) is 7.63. The molecule has 2 aromatic rings. The maximum atomic E-state index is 13.1. The molecule has 1 fully saturated rings. The molecule has 0 unspecified atom stereocenters. The van der Waals surface area contributed by atoms with Crippen LogP contribution in [0.5, 0.6) is 11.5 Å². The summed E-state index contributed by atoms with van der Waals surface area (Å²) in [7, 11) is 1.51. The first-order chi connectivity index (χ1) is 14.8. The highest BCUT2D eigenvalue weighted by Gasteiger charge is 2.37. The number of hydrogen-bond acceptors (Lipinski definition) is 5. The van der Waals surface area contributed by atoms with E-state index in [1.807, 2.05) is 13.8 Å². The Morgan fingerprint density at radius 2 is 1.84 bits per heavy atom. The third kappa shape index (κ3) is 4.83. The number of benzene rings is 2. The summed E-state index contributed by atoms with van der Waals surface area (Å²) in [6.45, 7) is 4.35. The molecular formula is C22H20Br2N2O5. The zero-order valence-electron chi connectivity index (χ0n) is 17.1. The van der Waals surface area contributed by atoms with Gasteiger partial charge in [-0.05, 0) is 76.8 Å². The van der Waals surface area contributed by atoms with Gasteiger partial charge in [-0.25, -0.2) is 9.69 Å². The van der Waals surface area contributed by atoms with Gasteiger partial charge >= 0.3 is 6.03 Å². The standard InChI is InChI=1S/C22H20Br2N2O5/c1-4-7-31-19-17(24)10-13(11-18(19)30-3)9-15-20(27)25-22(29)26(21(15)28)14-5-6-16(23)12(2)8-14/h5-6,8-11H,4,7H2,1-3H3,(H,25,27,29)/b15-9-. The molecule has 0 saturated carbocycles. The molecule has 31 heavy (non-hydrogen) atoms. The Morgan fingerprint density at radius 1 is 1.10 bits per heavy atom. The van der Waals surface area contributed by atoms with Gasteiger partial charge in [0, 0.05) is 4.47 Å². The number of methoxy groups -OCH3 is 1. The van der Waals surface area contributed by atoms with Crippen molar-refractivity contribution in [1.82, 2.24) is 5.32 Å². The summed E-state index contributed by atoms with van der Waals surface area (Å²) >= 11 is 6.84. The van der Waals surface area contributed by atoms with Crippen molar-refractivity contribution in [3.8, 4) is 11.5 Å². The van der Waals surface area contributed by atoms with Crippen molar-refractivity contribution >= 4 is 61.5 Å². The molecule has 1 aliphatic heterocycles. The molecule has 4 amide bonds. The molecule has 0 bridgehead atoms. The van der Waals surface area contributed by atoms with Crippen LogP contribution in [-0.2, 0) is 9.59 Å². The number of carbonyl (C=O) groups is 3. The zero-order chi connectivity index (χ0) is 22.7. The number of ether oxygens (including phenoxy) is 2. The summed E-state index contributed by atoms with van der Waals surface area (Å²) in [4.78, 5) is 38.9. The first kappa shape index (κ1) is 23.0. The Kier molecular flexibility index (Phi) is 7.17. The average molecular weight is 552 g/mol. The first-order valence-corrected chi connectivity index (χ1v) is 11.0. The van der Waals surface area contributed by atoms with Crippen LogP contribution in [0, 0.1) is 6.92 Å². The third-order valence-electron chi connectivity index (χ3n) is 4.51. The Hall–Kier alpha value is -2.65. The Bertz CT molecular complexity index is 1100. The van der Waals surface area contributed by atoms with Gasteiger partial charge in [0.1, 0.15) is 5.57 Å². The number of rotatable bonds is 6. The normalized spacial score (nSPS) is 15.3. The van der Waals surface area contributed by atoms with Crippen LogP contribution in [0.2, 0.25) is 0 Å². The van der Waals surface area contributed by atoms with Crippen molar-refractivity contribution in [2.24, 2.45) is 0 Å². The van der Waals surface area contributed by atoms with Crippen LogP contribution in [0.3, 0.4) is 0 Å². The maximum absolute atomic E-state index is 13.1. The van der Waals surface area contributed by atoms with E-state index in [1.54, 1.807) is 30.3 Å². The second-order valence-electron chi connectivity index (χ2n) is 6.77. The lowest BCUT2D eigenvalue weighted by molar-refractivity contribution is -0.122. The van der Waals surface area contributed by atoms with Crippen molar-refractivity contribution in [2.45, 2.75) is 20.3 Å². The molecule has 2 aromatic carbocycles. The fourth-order valence-electron chi connectivity index (χ4n) is 2.99. The number of nitrogens with zero attached hydrogens (tertiary/aromatic N) is 1. The minimum atomic E-state index is -0.795. The lowest BCUT2D eigenvalue weighted by Crippen LogP contribution is -2.54. The highest BCUT2D eigenvalue weighted by Crippen LogP contribution is 2.37. The van der Waals surface area contributed by atoms with Crippen molar-refractivity contribution in [2.75, 3.05) is 18.6 Å². The minimum Gasteiger partial charge on any atom is -0.493 e. The number of anilines is 1. The molecule has 162 valence electrons. The first-order valence-electron chi connectivity index (χ1n) is 9.44. The quantitative estimate of drug-likeness (QED) is 0.404. The summed E-state index contributed by atoms with van der Waals surface area (Å²) in [5.74, 6) is -0.485. The predicted molar refractivity (Wildman–Crippen MR) is 124 cm³/mol. The van der Waals surface area contributed by atoms with Crippen molar-refractivity contribution < 1.29 is 23.9 Å². The van der Waals surface area contributed by atoms with Gasteiger partial charge in [0.2, 0.25) is 0 Å². The summed E-state index contributed by atoms with van der Waals surface area (Å²) in [5, 5.41) is 2.22. The number of carbonyl (C=O) groups excluding carboxylic acids is 3. The van der Waals surface area contributed by atoms with Gasteiger partial charge in [0.15, 0.2) is 11.5 Å². The van der Waals surface area contributed by atoms with Crippen LogP contribution >= 0.6 is 31.9 Å². The molecule has 0 spiro atoms. The van der Waals surface area contributed by atoms with Crippen molar-refractivity contribution in [1.29, 1.82) is 0 Å². The average Bonchev–Trinajstić information content (AvgIpc) is 2.72. The van der Waals surface area contributed by atoms with Crippen molar-refractivity contribution in [3.63, 3.8) is 0 Å². The fraction of sp³-hybridized carbons (Fsp3) is 0.227. The highest BCUT2D eigenvalue weighted by atomic mass is 79.9. The van der Waals surface area contributed by atoms with E-state index in [0.717, 1.165) is 21.4 Å². The number of amides is 4. The minimum absolute atomic E-state index is 0.170. The number of nitrogens with one attached hydrogen (secondary N) is 1. The fourth-order valence-corrected chi connectivity index (χ4v) is 3.81. The number of barbiturate groups is 1. The number of halogens is 2. The van der Waals surface area contributed by atoms with Crippen molar-refractivity contribution in [3.05, 3.63) is 56.0 Å². The zero-order valence-corrected chi connectivity index (χ0v) is 20.3. The van der Waals surface area contributed by atoms with Crippen LogP contribution in [0.25, 0.3) is 6.08 Å². The molecule has 0 aliphatic carbocycles. The Labute approximate surface area is 196 Å². The molecule has 1 N–H and O–H groups in total. The molecule has 0 radical (unpaired) electrons. The number of hydrogen-bond donors (Lipinski definition) is 1.